The molecule has 10 heteroatoms. The van der Waals surface area contributed by atoms with Gasteiger partial charge in [0.1, 0.15) is 0 Å². The zero-order valence-corrected chi connectivity index (χ0v) is 10.8. The molecule has 0 aliphatic carbocycles. The number of nitrogens with zero attached hydrogens (tertiary/aromatic N) is 5. The van der Waals surface area contributed by atoms with Crippen molar-refractivity contribution in [2.24, 2.45) is 25.4 Å². The lowest BCUT2D eigenvalue weighted by Gasteiger charge is -2.16. The molecule has 0 bridgehead atoms. The van der Waals surface area contributed by atoms with Crippen molar-refractivity contribution in [3.63, 3.8) is 0 Å². The van der Waals surface area contributed by atoms with E-state index >= 15 is 0 Å². The molecule has 0 saturated heterocycles. The van der Waals surface area contributed by atoms with Gasteiger partial charge in [-0.2, -0.15) is 9.98 Å². The molecule has 0 fully saturated rings. The molecule has 0 aromatic carbocycles. The van der Waals surface area contributed by atoms with Crippen LogP contribution in [0.2, 0.25) is 0 Å². The highest BCUT2D eigenvalue weighted by Crippen LogP contribution is 2.09. The van der Waals surface area contributed by atoms with Gasteiger partial charge in [-0.1, -0.05) is 0 Å². The summed E-state index contributed by atoms with van der Waals surface area (Å²) < 4.78 is 15.0. The fraction of sp³-hybridized carbons (Fsp3) is 0.500. The summed E-state index contributed by atoms with van der Waals surface area (Å²) in [7, 11) is 0. The van der Waals surface area contributed by atoms with Crippen LogP contribution in [-0.4, -0.2) is 48.9 Å². The van der Waals surface area contributed by atoms with Crippen molar-refractivity contribution in [2.45, 2.75) is 20.3 Å². The molecule has 106 valence electrons. The Balaban J connectivity index is 2.08. The van der Waals surface area contributed by atoms with Gasteiger partial charge in [0, 0.05) is 0 Å². The number of carbonyl (C=O) groups excluding carboxylic acids is 2. The summed E-state index contributed by atoms with van der Waals surface area (Å²) in [6, 6.07) is 0. The second-order valence-electron chi connectivity index (χ2n) is 3.42. The minimum atomic E-state index is -1.18. The number of fused-ring (bicyclic) bond motifs is 1. The van der Waals surface area contributed by atoms with Crippen LogP contribution < -0.4 is 0 Å². The summed E-state index contributed by atoms with van der Waals surface area (Å²) in [5.41, 5.74) is -0.104. The number of esters is 1. The standard InChI is InChI=1S/C10H11N5O5/c1-3-18-10(19-4-2)20-9(17)7-11-6-5(8(16)12-7)13-15-14-6/h10H,3-4H2,1-2H3. The van der Waals surface area contributed by atoms with Crippen LogP contribution in [0.25, 0.3) is 0 Å². The molecule has 20 heavy (non-hydrogen) atoms. The number of aliphatic imine (C=N–C) groups is 2. The second-order valence-corrected chi connectivity index (χ2v) is 3.42. The SMILES string of the molecule is CCOC(OCC)OC(=O)C1=NC(=O)C2=NN=NC2=N1. The van der Waals surface area contributed by atoms with Gasteiger partial charge in [0.15, 0.2) is 0 Å². The molecule has 2 heterocycles. The Labute approximate surface area is 113 Å². The minimum absolute atomic E-state index is 0.0682. The van der Waals surface area contributed by atoms with E-state index in [-0.39, 0.29) is 24.8 Å². The van der Waals surface area contributed by atoms with Crippen LogP contribution in [0, 0.1) is 0 Å². The third kappa shape index (κ3) is 2.97. The summed E-state index contributed by atoms with van der Waals surface area (Å²) in [5.74, 6) is -2.23. The highest BCUT2D eigenvalue weighted by Gasteiger charge is 2.31. The summed E-state index contributed by atoms with van der Waals surface area (Å²) in [6.07, 6.45) is 0. The van der Waals surface area contributed by atoms with Crippen molar-refractivity contribution in [1.82, 2.24) is 0 Å². The van der Waals surface area contributed by atoms with Crippen molar-refractivity contribution in [3.05, 3.63) is 0 Å². The van der Waals surface area contributed by atoms with Crippen LogP contribution in [0.4, 0.5) is 0 Å². The normalized spacial score (nSPS) is 16.8. The number of rotatable bonds is 6. The molecule has 0 atom stereocenters. The van der Waals surface area contributed by atoms with E-state index < -0.39 is 24.2 Å². The molecule has 0 N–H and O–H groups in total. The van der Waals surface area contributed by atoms with Gasteiger partial charge in [0.05, 0.1) is 13.2 Å². The van der Waals surface area contributed by atoms with Gasteiger partial charge in [-0.15, -0.1) is 10.2 Å². The Morgan fingerprint density at radius 1 is 1.20 bits per heavy atom. The summed E-state index contributed by atoms with van der Waals surface area (Å²) >= 11 is 0. The van der Waals surface area contributed by atoms with Crippen LogP contribution in [0.5, 0.6) is 0 Å². The van der Waals surface area contributed by atoms with E-state index in [4.69, 9.17) is 14.2 Å². The fourth-order valence-electron chi connectivity index (χ4n) is 1.31. The molecule has 10 nitrogen and oxygen atoms in total. The average Bonchev–Trinajstić information content (AvgIpc) is 2.88. The Kier molecular flexibility index (Phi) is 4.38. The molecule has 2 aliphatic heterocycles. The quantitative estimate of drug-likeness (QED) is 0.502. The Bertz CT molecular complexity index is 544. The van der Waals surface area contributed by atoms with Crippen LogP contribution in [0.1, 0.15) is 13.8 Å². The van der Waals surface area contributed by atoms with Crippen molar-refractivity contribution in [2.75, 3.05) is 13.2 Å². The van der Waals surface area contributed by atoms with Gasteiger partial charge < -0.3 is 14.2 Å². The van der Waals surface area contributed by atoms with Crippen LogP contribution >= 0.6 is 0 Å². The van der Waals surface area contributed by atoms with Crippen LogP contribution in [0.15, 0.2) is 25.4 Å². The molecule has 2 aliphatic rings. The molecule has 0 aromatic heterocycles. The van der Waals surface area contributed by atoms with E-state index in [2.05, 4.69) is 25.4 Å². The van der Waals surface area contributed by atoms with Crippen molar-refractivity contribution in [1.29, 1.82) is 0 Å². The maximum atomic E-state index is 11.8. The number of hydrogen-bond acceptors (Lipinski definition) is 9. The molecule has 1 amide bonds. The Hall–Kier alpha value is -2.33. The first-order chi connectivity index (χ1) is 9.65. The Morgan fingerprint density at radius 2 is 1.90 bits per heavy atom. The maximum absolute atomic E-state index is 11.8. The van der Waals surface area contributed by atoms with Crippen molar-refractivity contribution in [3.8, 4) is 0 Å². The van der Waals surface area contributed by atoms with E-state index in [1.165, 1.54) is 0 Å². The van der Waals surface area contributed by atoms with Gasteiger partial charge in [-0.05, 0) is 19.1 Å². The van der Waals surface area contributed by atoms with E-state index in [9.17, 15) is 9.59 Å². The summed E-state index contributed by atoms with van der Waals surface area (Å²) in [6.45, 7) is 2.80. The van der Waals surface area contributed by atoms with E-state index in [1.54, 1.807) is 13.8 Å². The molecule has 0 radical (unpaired) electrons. The fourth-order valence-corrected chi connectivity index (χ4v) is 1.31. The average molecular weight is 281 g/mol. The third-order valence-electron chi connectivity index (χ3n) is 2.11. The van der Waals surface area contributed by atoms with Gasteiger partial charge in [0.2, 0.25) is 17.4 Å². The van der Waals surface area contributed by atoms with Crippen LogP contribution in [-0.2, 0) is 23.8 Å². The Morgan fingerprint density at radius 3 is 2.55 bits per heavy atom. The third-order valence-corrected chi connectivity index (χ3v) is 2.11. The first-order valence-electron chi connectivity index (χ1n) is 5.80. The van der Waals surface area contributed by atoms with Gasteiger partial charge >= 0.3 is 18.4 Å². The molecular formula is C10H11N5O5. The largest absolute Gasteiger partial charge is 0.404 e. The van der Waals surface area contributed by atoms with Gasteiger partial charge in [0.25, 0.3) is 0 Å². The number of amidine groups is 2. The molecule has 0 aromatic rings. The number of carbonyl (C=O) groups is 2. The van der Waals surface area contributed by atoms with Crippen LogP contribution in [0.3, 0.4) is 0 Å². The highest BCUT2D eigenvalue weighted by molar-refractivity contribution is 6.71. The van der Waals surface area contributed by atoms with E-state index in [0.717, 1.165) is 0 Å². The zero-order chi connectivity index (χ0) is 14.5. The zero-order valence-electron chi connectivity index (χ0n) is 10.8. The second kappa shape index (κ2) is 6.21. The lowest BCUT2D eigenvalue weighted by Crippen LogP contribution is -2.33. The van der Waals surface area contributed by atoms with Gasteiger partial charge in [-0.25, -0.2) is 4.79 Å². The first-order valence-corrected chi connectivity index (χ1v) is 5.80. The molecule has 0 spiro atoms. The molecule has 2 rings (SSSR count). The topological polar surface area (TPSA) is 124 Å². The summed E-state index contributed by atoms with van der Waals surface area (Å²) in [5, 5.41) is 10.2. The predicted octanol–water partition coefficient (Wildman–Crippen LogP) is 0.0452. The van der Waals surface area contributed by atoms with E-state index in [0.29, 0.717) is 0 Å². The maximum Gasteiger partial charge on any atom is 0.380 e. The predicted molar refractivity (Wildman–Crippen MR) is 65.3 cm³/mol. The monoisotopic (exact) mass is 281 g/mol. The van der Waals surface area contributed by atoms with Gasteiger partial charge in [-0.3, -0.25) is 4.79 Å². The van der Waals surface area contributed by atoms with E-state index in [1.807, 2.05) is 0 Å². The van der Waals surface area contributed by atoms with Crippen molar-refractivity contribution >= 4 is 29.3 Å². The first kappa shape index (κ1) is 14.1. The minimum Gasteiger partial charge on any atom is -0.404 e. The molecular weight excluding hydrogens is 270 g/mol. The smallest absolute Gasteiger partial charge is 0.380 e. The molecule has 0 saturated carbocycles. The lowest BCUT2D eigenvalue weighted by atomic mass is 10.3. The number of hydrogen-bond donors (Lipinski definition) is 0. The van der Waals surface area contributed by atoms with Crippen molar-refractivity contribution < 1.29 is 23.8 Å². The highest BCUT2D eigenvalue weighted by atomic mass is 16.9. The molecule has 0 unspecified atom stereocenters. The number of ether oxygens (including phenoxy) is 3. The number of amides is 1. The lowest BCUT2D eigenvalue weighted by molar-refractivity contribution is -0.268. The summed E-state index contributed by atoms with van der Waals surface area (Å²) in [4.78, 5) is 30.5.